The van der Waals surface area contributed by atoms with Crippen molar-refractivity contribution in [1.29, 1.82) is 0 Å². The minimum atomic E-state index is -0.190. The van der Waals surface area contributed by atoms with E-state index in [0.29, 0.717) is 12.6 Å². The molecule has 1 aliphatic heterocycles. The van der Waals surface area contributed by atoms with Crippen molar-refractivity contribution in [3.63, 3.8) is 0 Å². The Morgan fingerprint density at radius 3 is 2.70 bits per heavy atom. The van der Waals surface area contributed by atoms with Gasteiger partial charge in [0.25, 0.3) is 5.91 Å². The van der Waals surface area contributed by atoms with Crippen LogP contribution in [0.1, 0.15) is 30.1 Å². The van der Waals surface area contributed by atoms with Crippen LogP contribution in [0.5, 0.6) is 0 Å². The lowest BCUT2D eigenvalue weighted by Crippen LogP contribution is -2.52. The lowest BCUT2D eigenvalue weighted by atomic mass is 10.2. The van der Waals surface area contributed by atoms with E-state index in [9.17, 15) is 4.79 Å². The Hall–Kier alpha value is -1.40. The van der Waals surface area contributed by atoms with E-state index in [1.54, 1.807) is 13.0 Å². The predicted molar refractivity (Wildman–Crippen MR) is 76.7 cm³/mol. The lowest BCUT2D eigenvalue weighted by Gasteiger charge is -2.37. The van der Waals surface area contributed by atoms with Crippen LogP contribution in [0.2, 0.25) is 0 Å². The molecule has 1 aliphatic rings. The first-order chi connectivity index (χ1) is 9.60. The van der Waals surface area contributed by atoms with Crippen molar-refractivity contribution in [2.24, 2.45) is 0 Å². The smallest absolute Gasteiger partial charge is 0.289 e. The Kier molecular flexibility index (Phi) is 5.14. The Balaban J connectivity index is 1.75. The first-order valence-electron chi connectivity index (χ1n) is 7.28. The highest BCUT2D eigenvalue weighted by atomic mass is 16.5. The number of carbonyl (C=O) groups excluding carboxylic acids is 1. The number of nitrogens with zero attached hydrogens (tertiary/aromatic N) is 3. The fourth-order valence-electron chi connectivity index (χ4n) is 2.45. The van der Waals surface area contributed by atoms with Gasteiger partial charge in [-0.15, -0.1) is 0 Å². The highest BCUT2D eigenvalue weighted by molar-refractivity contribution is 5.91. The molecule has 0 aromatic carbocycles. The highest BCUT2D eigenvalue weighted by Gasteiger charge is 2.21. The molecule has 2 heterocycles. The van der Waals surface area contributed by atoms with Gasteiger partial charge in [0.2, 0.25) is 5.76 Å². The summed E-state index contributed by atoms with van der Waals surface area (Å²) in [4.78, 5) is 16.7. The minimum absolute atomic E-state index is 0.190. The van der Waals surface area contributed by atoms with Crippen LogP contribution < -0.4 is 5.32 Å². The molecule has 6 nitrogen and oxygen atoms in total. The van der Waals surface area contributed by atoms with Gasteiger partial charge < -0.3 is 14.7 Å². The van der Waals surface area contributed by atoms with E-state index in [0.717, 1.165) is 38.4 Å². The van der Waals surface area contributed by atoms with Crippen molar-refractivity contribution in [3.8, 4) is 0 Å². The number of carbonyl (C=O) groups is 1. The monoisotopic (exact) mass is 280 g/mol. The topological polar surface area (TPSA) is 61.6 Å². The molecule has 20 heavy (non-hydrogen) atoms. The van der Waals surface area contributed by atoms with Gasteiger partial charge in [-0.3, -0.25) is 9.69 Å². The SMILES string of the molecule is CCN1CCN([C@@H](C)CNC(=O)c2cc(C)no2)CC1. The van der Waals surface area contributed by atoms with Crippen LogP contribution in [0, 0.1) is 6.92 Å². The van der Waals surface area contributed by atoms with E-state index in [-0.39, 0.29) is 11.7 Å². The molecule has 1 aromatic rings. The number of hydrogen-bond acceptors (Lipinski definition) is 5. The Morgan fingerprint density at radius 2 is 2.15 bits per heavy atom. The average Bonchev–Trinajstić information content (AvgIpc) is 2.91. The fourth-order valence-corrected chi connectivity index (χ4v) is 2.45. The summed E-state index contributed by atoms with van der Waals surface area (Å²) in [7, 11) is 0. The second-order valence-electron chi connectivity index (χ2n) is 5.36. The van der Waals surface area contributed by atoms with E-state index in [1.807, 2.05) is 0 Å². The number of rotatable bonds is 5. The van der Waals surface area contributed by atoms with Crippen molar-refractivity contribution in [2.75, 3.05) is 39.3 Å². The molecule has 0 bridgehead atoms. The Labute approximate surface area is 120 Å². The molecule has 0 radical (unpaired) electrons. The van der Waals surface area contributed by atoms with Crippen LogP contribution in [0.4, 0.5) is 0 Å². The number of hydrogen-bond donors (Lipinski definition) is 1. The third kappa shape index (κ3) is 3.80. The first-order valence-corrected chi connectivity index (χ1v) is 7.28. The van der Waals surface area contributed by atoms with Crippen molar-refractivity contribution in [1.82, 2.24) is 20.3 Å². The van der Waals surface area contributed by atoms with Crippen molar-refractivity contribution >= 4 is 5.91 Å². The number of amides is 1. The summed E-state index contributed by atoms with van der Waals surface area (Å²) in [6.45, 7) is 12.2. The predicted octanol–water partition coefficient (Wildman–Crippen LogP) is 0.739. The van der Waals surface area contributed by atoms with Crippen LogP contribution in [0.25, 0.3) is 0 Å². The van der Waals surface area contributed by atoms with E-state index in [4.69, 9.17) is 4.52 Å². The second-order valence-corrected chi connectivity index (χ2v) is 5.36. The van der Waals surface area contributed by atoms with Crippen molar-refractivity contribution in [3.05, 3.63) is 17.5 Å². The van der Waals surface area contributed by atoms with Gasteiger partial charge in [0, 0.05) is 44.8 Å². The van der Waals surface area contributed by atoms with E-state index >= 15 is 0 Å². The molecule has 1 fully saturated rings. The van der Waals surface area contributed by atoms with Crippen LogP contribution >= 0.6 is 0 Å². The van der Waals surface area contributed by atoms with Gasteiger partial charge in [0.1, 0.15) is 0 Å². The zero-order valence-electron chi connectivity index (χ0n) is 12.6. The summed E-state index contributed by atoms with van der Waals surface area (Å²) >= 11 is 0. The summed E-state index contributed by atoms with van der Waals surface area (Å²) in [6, 6.07) is 1.99. The molecule has 1 atom stereocenters. The molecule has 0 aliphatic carbocycles. The number of aryl methyl sites for hydroxylation is 1. The molecule has 1 amide bonds. The molecule has 6 heteroatoms. The molecule has 2 rings (SSSR count). The fraction of sp³-hybridized carbons (Fsp3) is 0.714. The maximum atomic E-state index is 11.9. The first kappa shape index (κ1) is 15.0. The highest BCUT2D eigenvalue weighted by Crippen LogP contribution is 2.06. The summed E-state index contributed by atoms with van der Waals surface area (Å²) in [5, 5.41) is 6.63. The van der Waals surface area contributed by atoms with Gasteiger partial charge in [0.05, 0.1) is 5.69 Å². The van der Waals surface area contributed by atoms with Gasteiger partial charge >= 0.3 is 0 Å². The maximum Gasteiger partial charge on any atom is 0.289 e. The zero-order chi connectivity index (χ0) is 14.5. The summed E-state index contributed by atoms with van der Waals surface area (Å²) in [5.74, 6) is 0.0927. The number of piperazine rings is 1. The number of likely N-dealkylation sites (N-methyl/N-ethyl adjacent to an activating group) is 1. The molecule has 0 spiro atoms. The summed E-state index contributed by atoms with van der Waals surface area (Å²) in [5.41, 5.74) is 0.721. The molecular weight excluding hydrogens is 256 g/mol. The van der Waals surface area contributed by atoms with Gasteiger partial charge in [0.15, 0.2) is 0 Å². The van der Waals surface area contributed by atoms with Gasteiger partial charge in [-0.25, -0.2) is 0 Å². The van der Waals surface area contributed by atoms with Gasteiger partial charge in [-0.2, -0.15) is 0 Å². The molecule has 0 unspecified atom stereocenters. The van der Waals surface area contributed by atoms with Crippen molar-refractivity contribution in [2.45, 2.75) is 26.8 Å². The van der Waals surface area contributed by atoms with Crippen molar-refractivity contribution < 1.29 is 9.32 Å². The van der Waals surface area contributed by atoms with Crippen LogP contribution in [0.15, 0.2) is 10.6 Å². The minimum Gasteiger partial charge on any atom is -0.351 e. The average molecular weight is 280 g/mol. The molecule has 0 saturated carbocycles. The van der Waals surface area contributed by atoms with Crippen LogP contribution in [0.3, 0.4) is 0 Å². The lowest BCUT2D eigenvalue weighted by molar-refractivity contribution is 0.0853. The molecule has 112 valence electrons. The Bertz CT molecular complexity index is 438. The quantitative estimate of drug-likeness (QED) is 0.862. The van der Waals surface area contributed by atoms with E-state index < -0.39 is 0 Å². The summed E-state index contributed by atoms with van der Waals surface area (Å²) < 4.78 is 4.95. The van der Waals surface area contributed by atoms with Crippen LogP contribution in [-0.2, 0) is 0 Å². The molecule has 1 saturated heterocycles. The number of aromatic nitrogens is 1. The standard InChI is InChI=1S/C14H24N4O2/c1-4-17-5-7-18(8-6-17)12(3)10-15-14(19)13-9-11(2)16-20-13/h9,12H,4-8,10H2,1-3H3,(H,15,19)/t12-/m0/s1. The third-order valence-electron chi connectivity index (χ3n) is 3.89. The third-order valence-corrected chi connectivity index (χ3v) is 3.89. The second kappa shape index (κ2) is 6.85. The molecule has 1 aromatic heterocycles. The van der Waals surface area contributed by atoms with Gasteiger partial charge in [-0.1, -0.05) is 12.1 Å². The molecular formula is C14H24N4O2. The maximum absolute atomic E-state index is 11.9. The van der Waals surface area contributed by atoms with E-state index in [2.05, 4.69) is 34.1 Å². The molecule has 1 N–H and O–H groups in total. The number of nitrogens with one attached hydrogen (secondary N) is 1. The normalized spacial score (nSPS) is 18.9. The van der Waals surface area contributed by atoms with E-state index in [1.165, 1.54) is 0 Å². The Morgan fingerprint density at radius 1 is 1.45 bits per heavy atom. The zero-order valence-corrected chi connectivity index (χ0v) is 12.6. The largest absolute Gasteiger partial charge is 0.351 e. The summed E-state index contributed by atoms with van der Waals surface area (Å²) in [6.07, 6.45) is 0. The van der Waals surface area contributed by atoms with Crippen LogP contribution in [-0.4, -0.2) is 66.2 Å². The van der Waals surface area contributed by atoms with Gasteiger partial charge in [-0.05, 0) is 20.4 Å².